The number of nitriles is 1. The number of hydrogen-bond donors (Lipinski definition) is 4. The Morgan fingerprint density at radius 3 is 2.40 bits per heavy atom. The molecule has 1 fully saturated rings. The summed E-state index contributed by atoms with van der Waals surface area (Å²) in [5.41, 5.74) is 8.56. The highest BCUT2D eigenvalue weighted by Crippen LogP contribution is 2.41. The second kappa shape index (κ2) is 13.2. The van der Waals surface area contributed by atoms with Crippen LogP contribution in [0.4, 0.5) is 34.6 Å². The largest absolute Gasteiger partial charge is 0.419 e. The number of pyridine rings is 1. The molecule has 250 valence electrons. The van der Waals surface area contributed by atoms with Crippen LogP contribution in [0.1, 0.15) is 69.2 Å². The fourth-order valence-corrected chi connectivity index (χ4v) is 6.85. The van der Waals surface area contributed by atoms with E-state index in [2.05, 4.69) is 58.6 Å². The van der Waals surface area contributed by atoms with E-state index < -0.39 is 17.6 Å². The maximum Gasteiger partial charge on any atom is 0.419 e. The second-order valence-electron chi connectivity index (χ2n) is 13.4. The number of rotatable bonds is 7. The molecule has 2 heterocycles. The summed E-state index contributed by atoms with van der Waals surface area (Å²) in [4.78, 5) is 4.36. The number of anilines is 3. The van der Waals surface area contributed by atoms with Gasteiger partial charge in [-0.15, -0.1) is 5.53 Å². The van der Waals surface area contributed by atoms with E-state index in [1.165, 1.54) is 12.3 Å². The van der Waals surface area contributed by atoms with Crippen molar-refractivity contribution >= 4 is 39.6 Å². The van der Waals surface area contributed by atoms with Crippen molar-refractivity contribution in [3.8, 4) is 6.07 Å². The molecule has 4 aromatic rings. The first-order chi connectivity index (χ1) is 22.8. The third kappa shape index (κ3) is 7.00. The van der Waals surface area contributed by atoms with Gasteiger partial charge in [-0.3, -0.25) is 9.99 Å². The fourth-order valence-electron chi connectivity index (χ4n) is 6.59. The summed E-state index contributed by atoms with van der Waals surface area (Å²) in [5.74, 6) is -0.704. The van der Waals surface area contributed by atoms with Crippen LogP contribution in [0.25, 0.3) is 10.9 Å². The number of halogens is 5. The lowest BCUT2D eigenvalue weighted by atomic mass is 9.71. The van der Waals surface area contributed by atoms with E-state index in [1.807, 2.05) is 36.4 Å². The molecule has 12 heteroatoms. The van der Waals surface area contributed by atoms with Crippen molar-refractivity contribution in [1.82, 2.24) is 21.0 Å². The molecular weight excluding hydrogens is 642 g/mol. The van der Waals surface area contributed by atoms with Gasteiger partial charge in [-0.25, -0.2) is 4.39 Å². The number of alkyl halides is 3. The summed E-state index contributed by atoms with van der Waals surface area (Å²) in [6.07, 6.45) is 2.97. The highest BCUT2D eigenvalue weighted by Gasteiger charge is 2.35. The Labute approximate surface area is 281 Å². The normalized spacial score (nSPS) is 19.0. The highest BCUT2D eigenvalue weighted by molar-refractivity contribution is 6.36. The van der Waals surface area contributed by atoms with Crippen LogP contribution in [0.5, 0.6) is 0 Å². The molecule has 6 rings (SSSR count). The van der Waals surface area contributed by atoms with Gasteiger partial charge in [-0.2, -0.15) is 18.4 Å². The fraction of sp³-hybridized carbons (Fsp3) is 0.333. The maximum atomic E-state index is 14.0. The van der Waals surface area contributed by atoms with Crippen molar-refractivity contribution in [2.75, 3.05) is 10.6 Å². The Balaban J connectivity index is 1.34. The molecule has 0 spiro atoms. The Kier molecular flexibility index (Phi) is 9.16. The molecule has 0 amide bonds. The molecule has 48 heavy (non-hydrogen) atoms. The topological polar surface area (TPSA) is 88.0 Å². The van der Waals surface area contributed by atoms with Gasteiger partial charge in [0, 0.05) is 35.2 Å². The van der Waals surface area contributed by atoms with Crippen molar-refractivity contribution in [2.24, 2.45) is 11.3 Å². The minimum absolute atomic E-state index is 0.0487. The van der Waals surface area contributed by atoms with Crippen LogP contribution in [-0.4, -0.2) is 16.0 Å². The summed E-state index contributed by atoms with van der Waals surface area (Å²) in [6, 6.07) is 18.0. The third-order valence-electron chi connectivity index (χ3n) is 9.26. The second-order valence-corrected chi connectivity index (χ2v) is 13.8. The first-order valence-electron chi connectivity index (χ1n) is 15.8. The summed E-state index contributed by atoms with van der Waals surface area (Å²) >= 11 is 6.73. The van der Waals surface area contributed by atoms with Gasteiger partial charge >= 0.3 is 6.18 Å². The predicted octanol–water partition coefficient (Wildman–Crippen LogP) is 9.59. The van der Waals surface area contributed by atoms with Crippen molar-refractivity contribution in [2.45, 2.75) is 64.7 Å². The monoisotopic (exact) mass is 677 g/mol. The van der Waals surface area contributed by atoms with Crippen LogP contribution in [0.2, 0.25) is 5.02 Å². The third-order valence-corrected chi connectivity index (χ3v) is 9.55. The summed E-state index contributed by atoms with van der Waals surface area (Å²) in [7, 11) is 0. The lowest BCUT2D eigenvalue weighted by molar-refractivity contribution is -0.139. The molecule has 1 saturated carbocycles. The van der Waals surface area contributed by atoms with Gasteiger partial charge in [0.15, 0.2) is 0 Å². The molecule has 3 aromatic carbocycles. The van der Waals surface area contributed by atoms with Crippen molar-refractivity contribution in [3.05, 3.63) is 106 Å². The zero-order valence-electron chi connectivity index (χ0n) is 26.7. The maximum absolute atomic E-state index is 14.0. The Bertz CT molecular complexity index is 1870. The van der Waals surface area contributed by atoms with Crippen LogP contribution in [0.3, 0.4) is 0 Å². The molecule has 0 saturated heterocycles. The predicted molar refractivity (Wildman–Crippen MR) is 180 cm³/mol. The van der Waals surface area contributed by atoms with E-state index in [0.717, 1.165) is 43.0 Å². The van der Waals surface area contributed by atoms with Gasteiger partial charge in [-0.1, -0.05) is 62.7 Å². The minimum Gasteiger partial charge on any atom is -0.373 e. The molecule has 4 N–H and O–H groups in total. The lowest BCUT2D eigenvalue weighted by Crippen LogP contribution is -2.45. The Hall–Kier alpha value is -4.53. The minimum atomic E-state index is -4.90. The molecular formula is C36H36ClF4N7. The number of nitrogens with zero attached hydrogens (tertiary/aromatic N) is 3. The van der Waals surface area contributed by atoms with Gasteiger partial charge in [-0.05, 0) is 72.9 Å². The smallest absolute Gasteiger partial charge is 0.373 e. The molecule has 7 nitrogen and oxygen atoms in total. The van der Waals surface area contributed by atoms with Gasteiger partial charge in [0.25, 0.3) is 0 Å². The number of hydrazine groups is 2. The zero-order valence-corrected chi connectivity index (χ0v) is 27.5. The molecule has 2 aliphatic rings. The van der Waals surface area contributed by atoms with E-state index in [1.54, 1.807) is 12.1 Å². The average Bonchev–Trinajstić information content (AvgIpc) is 3.54. The van der Waals surface area contributed by atoms with Crippen molar-refractivity contribution in [1.29, 1.82) is 5.26 Å². The van der Waals surface area contributed by atoms with Gasteiger partial charge < -0.3 is 16.1 Å². The van der Waals surface area contributed by atoms with Crippen LogP contribution < -0.4 is 21.6 Å². The van der Waals surface area contributed by atoms with Gasteiger partial charge in [0.1, 0.15) is 11.9 Å². The molecule has 0 unspecified atom stereocenters. The highest BCUT2D eigenvalue weighted by atomic mass is 35.5. The summed E-state index contributed by atoms with van der Waals surface area (Å²) in [6.45, 7) is 6.93. The molecule has 1 atom stereocenters. The van der Waals surface area contributed by atoms with Gasteiger partial charge in [0.2, 0.25) is 0 Å². The molecule has 1 aromatic heterocycles. The number of nitrogens with one attached hydrogen (secondary N) is 4. The SMILES string of the molecule is CC(C)(C)C1CCC(N2C=C([C@@H](Nc3cc(Cl)c4ncc(C#N)c(Nc5ccc(F)c(C(F)(F)F)c5)c4c3)c3ccccc3)NN2)CC1. The first-order valence-corrected chi connectivity index (χ1v) is 16.2. The van der Waals surface area contributed by atoms with Crippen LogP contribution in [0.15, 0.2) is 78.8 Å². The van der Waals surface area contributed by atoms with Crippen molar-refractivity contribution < 1.29 is 17.6 Å². The standard InChI is InChI=1S/C36H36ClF4N7/c1-35(2,3)23-9-12-26(13-10-23)48-20-31(46-47-48)33(21-7-5-4-6-8-21)45-25-15-27-32(22(18-42)19-43-34(27)29(37)17-25)44-24-11-14-30(38)28(16-24)36(39,40)41/h4-8,11,14-17,19-20,23,26,33,45-47H,9-10,12-13H2,1-3H3,(H,43,44)/t23?,26?,33-/m0/s1. The van der Waals surface area contributed by atoms with E-state index in [0.29, 0.717) is 34.6 Å². The molecule has 0 radical (unpaired) electrons. The summed E-state index contributed by atoms with van der Waals surface area (Å²) < 4.78 is 54.5. The van der Waals surface area contributed by atoms with Crippen LogP contribution >= 0.6 is 11.6 Å². The Morgan fingerprint density at radius 2 is 1.73 bits per heavy atom. The molecule has 1 aliphatic carbocycles. The first kappa shape index (κ1) is 33.4. The van der Waals surface area contributed by atoms with Crippen LogP contribution in [0, 0.1) is 28.5 Å². The number of hydrogen-bond acceptors (Lipinski definition) is 7. The van der Waals surface area contributed by atoms with Gasteiger partial charge in [0.05, 0.1) is 39.1 Å². The number of aromatic nitrogens is 1. The number of benzene rings is 3. The van der Waals surface area contributed by atoms with E-state index in [-0.39, 0.29) is 33.4 Å². The quantitative estimate of drug-likeness (QED) is 0.145. The lowest BCUT2D eigenvalue weighted by Gasteiger charge is -2.39. The van der Waals surface area contributed by atoms with E-state index >= 15 is 0 Å². The average molecular weight is 678 g/mol. The summed E-state index contributed by atoms with van der Waals surface area (Å²) in [5, 5.41) is 19.2. The van der Waals surface area contributed by atoms with Crippen LogP contribution in [-0.2, 0) is 6.18 Å². The Morgan fingerprint density at radius 1 is 1.00 bits per heavy atom. The van der Waals surface area contributed by atoms with E-state index in [4.69, 9.17) is 11.6 Å². The number of fused-ring (bicyclic) bond motifs is 1. The van der Waals surface area contributed by atoms with E-state index in [9.17, 15) is 22.8 Å². The molecule has 0 bridgehead atoms. The molecule has 1 aliphatic heterocycles. The van der Waals surface area contributed by atoms with Crippen molar-refractivity contribution in [3.63, 3.8) is 0 Å². The zero-order chi connectivity index (χ0) is 34.2.